The molecular weight excluding hydrogens is 292 g/mol. The molecule has 3 rings (SSSR count). The lowest BCUT2D eigenvalue weighted by molar-refractivity contribution is 0.0909. The molecule has 1 aliphatic heterocycles. The highest BCUT2D eigenvalue weighted by Crippen LogP contribution is 2.25. The average Bonchev–Trinajstić information content (AvgIpc) is 3.22. The summed E-state index contributed by atoms with van der Waals surface area (Å²) in [6.45, 7) is 10.1. The van der Waals surface area contributed by atoms with E-state index in [2.05, 4.69) is 26.6 Å². The molecule has 0 saturated carbocycles. The zero-order valence-corrected chi connectivity index (χ0v) is 13.6. The SMILES string of the molecule is C=CCOC1CCN(c2cc(-c3nc(C(C)C)no3)ccn2)C1. The van der Waals surface area contributed by atoms with Gasteiger partial charge in [0.05, 0.1) is 12.7 Å². The fraction of sp³-hybridized carbons (Fsp3) is 0.471. The van der Waals surface area contributed by atoms with Gasteiger partial charge in [0.1, 0.15) is 5.82 Å². The van der Waals surface area contributed by atoms with Gasteiger partial charge >= 0.3 is 0 Å². The van der Waals surface area contributed by atoms with Crippen LogP contribution in [-0.2, 0) is 4.74 Å². The molecule has 1 atom stereocenters. The van der Waals surface area contributed by atoms with E-state index in [0.29, 0.717) is 12.5 Å². The van der Waals surface area contributed by atoms with Crippen LogP contribution in [0.4, 0.5) is 5.82 Å². The zero-order valence-electron chi connectivity index (χ0n) is 13.6. The minimum atomic E-state index is 0.231. The van der Waals surface area contributed by atoms with Gasteiger partial charge in [-0.15, -0.1) is 6.58 Å². The van der Waals surface area contributed by atoms with E-state index in [0.717, 1.165) is 36.7 Å². The molecule has 1 fully saturated rings. The van der Waals surface area contributed by atoms with E-state index in [-0.39, 0.29) is 12.0 Å². The van der Waals surface area contributed by atoms with Crippen molar-refractivity contribution in [2.75, 3.05) is 24.6 Å². The van der Waals surface area contributed by atoms with Crippen molar-refractivity contribution in [1.29, 1.82) is 0 Å². The van der Waals surface area contributed by atoms with Gasteiger partial charge in [-0.3, -0.25) is 0 Å². The summed E-state index contributed by atoms with van der Waals surface area (Å²) in [5.74, 6) is 2.42. The molecule has 0 aliphatic carbocycles. The van der Waals surface area contributed by atoms with Crippen molar-refractivity contribution in [3.63, 3.8) is 0 Å². The summed E-state index contributed by atoms with van der Waals surface area (Å²) in [5.41, 5.74) is 0.893. The van der Waals surface area contributed by atoms with Crippen molar-refractivity contribution in [2.45, 2.75) is 32.3 Å². The lowest BCUT2D eigenvalue weighted by atomic mass is 10.2. The van der Waals surface area contributed by atoms with Crippen LogP contribution in [0, 0.1) is 0 Å². The Morgan fingerprint density at radius 2 is 2.39 bits per heavy atom. The molecule has 1 aliphatic rings. The van der Waals surface area contributed by atoms with Crippen LogP contribution in [0.2, 0.25) is 0 Å². The molecule has 1 saturated heterocycles. The molecule has 2 aromatic heterocycles. The van der Waals surface area contributed by atoms with Gasteiger partial charge in [0.2, 0.25) is 0 Å². The number of hydrogen-bond acceptors (Lipinski definition) is 6. The van der Waals surface area contributed by atoms with Crippen molar-refractivity contribution in [1.82, 2.24) is 15.1 Å². The first-order chi connectivity index (χ1) is 11.2. The number of nitrogens with zero attached hydrogens (tertiary/aromatic N) is 4. The molecule has 6 nitrogen and oxygen atoms in total. The number of ether oxygens (including phenoxy) is 1. The largest absolute Gasteiger partial charge is 0.372 e. The zero-order chi connectivity index (χ0) is 16.2. The molecule has 0 amide bonds. The standard InChI is InChI=1S/C17H22N4O2/c1-4-9-22-14-6-8-21(11-14)15-10-13(5-7-18-15)17-19-16(12(2)3)20-23-17/h4-5,7,10,12,14H,1,6,8-9,11H2,2-3H3. The van der Waals surface area contributed by atoms with Crippen molar-refractivity contribution in [2.24, 2.45) is 0 Å². The summed E-state index contributed by atoms with van der Waals surface area (Å²) in [5, 5.41) is 4.02. The molecule has 3 heterocycles. The molecule has 2 aromatic rings. The third-order valence-corrected chi connectivity index (χ3v) is 3.87. The Hall–Kier alpha value is -2.21. The lowest BCUT2D eigenvalue weighted by Gasteiger charge is -2.17. The van der Waals surface area contributed by atoms with Gasteiger partial charge < -0.3 is 14.2 Å². The number of rotatable bonds is 6. The number of hydrogen-bond donors (Lipinski definition) is 0. The first kappa shape index (κ1) is 15.7. The van der Waals surface area contributed by atoms with Crippen molar-refractivity contribution < 1.29 is 9.26 Å². The maximum atomic E-state index is 5.72. The third-order valence-electron chi connectivity index (χ3n) is 3.87. The molecule has 1 unspecified atom stereocenters. The van der Waals surface area contributed by atoms with Crippen LogP contribution in [-0.4, -0.2) is 40.9 Å². The highest BCUT2D eigenvalue weighted by Gasteiger charge is 2.24. The first-order valence-corrected chi connectivity index (χ1v) is 7.95. The normalized spacial score (nSPS) is 17.9. The number of pyridine rings is 1. The van der Waals surface area contributed by atoms with Crippen LogP contribution in [0.1, 0.15) is 32.0 Å². The molecule has 0 bridgehead atoms. The van der Waals surface area contributed by atoms with Crippen molar-refractivity contribution in [3.05, 3.63) is 36.8 Å². The Morgan fingerprint density at radius 3 is 3.13 bits per heavy atom. The summed E-state index contributed by atoms with van der Waals surface area (Å²) < 4.78 is 11.1. The minimum absolute atomic E-state index is 0.231. The third kappa shape index (κ3) is 3.59. The highest BCUT2D eigenvalue weighted by molar-refractivity contribution is 5.59. The van der Waals surface area contributed by atoms with Crippen LogP contribution in [0.25, 0.3) is 11.5 Å². The Morgan fingerprint density at radius 1 is 1.52 bits per heavy atom. The second kappa shape index (κ2) is 6.91. The van der Waals surface area contributed by atoms with Crippen LogP contribution in [0.15, 0.2) is 35.5 Å². The number of aromatic nitrogens is 3. The Kier molecular flexibility index (Phi) is 4.71. The van der Waals surface area contributed by atoms with Crippen LogP contribution in [0.5, 0.6) is 0 Å². The predicted octanol–water partition coefficient (Wildman–Crippen LogP) is 3.04. The summed E-state index contributed by atoms with van der Waals surface area (Å²) in [7, 11) is 0. The Bertz CT molecular complexity index is 668. The first-order valence-electron chi connectivity index (χ1n) is 7.95. The molecule has 0 N–H and O–H groups in total. The smallest absolute Gasteiger partial charge is 0.258 e. The monoisotopic (exact) mass is 314 g/mol. The van der Waals surface area contributed by atoms with Crippen LogP contribution < -0.4 is 4.90 Å². The average molecular weight is 314 g/mol. The van der Waals surface area contributed by atoms with Crippen molar-refractivity contribution in [3.8, 4) is 11.5 Å². The highest BCUT2D eigenvalue weighted by atomic mass is 16.5. The van der Waals surface area contributed by atoms with Gasteiger partial charge in [-0.05, 0) is 18.6 Å². The summed E-state index contributed by atoms with van der Waals surface area (Å²) in [6.07, 6.45) is 4.79. The molecule has 0 aromatic carbocycles. The van der Waals surface area contributed by atoms with E-state index in [9.17, 15) is 0 Å². The molecule has 122 valence electrons. The lowest BCUT2D eigenvalue weighted by Crippen LogP contribution is -2.23. The molecule has 0 spiro atoms. The van der Waals surface area contributed by atoms with Gasteiger partial charge in [0.15, 0.2) is 5.82 Å². The fourth-order valence-corrected chi connectivity index (χ4v) is 2.59. The summed E-state index contributed by atoms with van der Waals surface area (Å²) in [4.78, 5) is 11.1. The van der Waals surface area contributed by atoms with E-state index >= 15 is 0 Å². The maximum Gasteiger partial charge on any atom is 0.258 e. The fourth-order valence-electron chi connectivity index (χ4n) is 2.59. The quantitative estimate of drug-likeness (QED) is 0.764. The summed E-state index contributed by atoms with van der Waals surface area (Å²) >= 11 is 0. The minimum Gasteiger partial charge on any atom is -0.372 e. The summed E-state index contributed by atoms with van der Waals surface area (Å²) in [6, 6.07) is 3.89. The molecular formula is C17H22N4O2. The van der Waals surface area contributed by atoms with Gasteiger partial charge in [-0.25, -0.2) is 4.98 Å². The molecule has 6 heteroatoms. The van der Waals surface area contributed by atoms with E-state index in [1.807, 2.05) is 26.0 Å². The topological polar surface area (TPSA) is 64.3 Å². The Labute approximate surface area is 136 Å². The maximum absolute atomic E-state index is 5.72. The van der Waals surface area contributed by atoms with Crippen molar-refractivity contribution >= 4 is 5.82 Å². The van der Waals surface area contributed by atoms with E-state index in [1.165, 1.54) is 0 Å². The van der Waals surface area contributed by atoms with Gasteiger partial charge in [0, 0.05) is 30.8 Å². The molecule has 23 heavy (non-hydrogen) atoms. The van der Waals surface area contributed by atoms with E-state index in [4.69, 9.17) is 9.26 Å². The predicted molar refractivity (Wildman–Crippen MR) is 88.4 cm³/mol. The second-order valence-corrected chi connectivity index (χ2v) is 5.99. The van der Waals surface area contributed by atoms with Crippen LogP contribution in [0.3, 0.4) is 0 Å². The van der Waals surface area contributed by atoms with E-state index < -0.39 is 0 Å². The van der Waals surface area contributed by atoms with Gasteiger partial charge in [-0.2, -0.15) is 4.98 Å². The Balaban J connectivity index is 1.73. The van der Waals surface area contributed by atoms with Gasteiger partial charge in [-0.1, -0.05) is 25.1 Å². The second-order valence-electron chi connectivity index (χ2n) is 5.99. The number of anilines is 1. The van der Waals surface area contributed by atoms with Crippen LogP contribution >= 0.6 is 0 Å². The van der Waals surface area contributed by atoms with Gasteiger partial charge in [0.25, 0.3) is 5.89 Å². The van der Waals surface area contributed by atoms with E-state index in [1.54, 1.807) is 12.3 Å². The molecule has 0 radical (unpaired) electrons.